The fourth-order valence-corrected chi connectivity index (χ4v) is 2.29. The molecule has 6 heteroatoms. The zero-order valence-corrected chi connectivity index (χ0v) is 11.6. The molecule has 1 aliphatic rings. The second kappa shape index (κ2) is 5.20. The SMILES string of the molecule is Cc1ccn(-c2ccc(NCC3(CCO)CC3)nn2)n1. The van der Waals surface area contributed by atoms with Gasteiger partial charge in [-0.3, -0.25) is 0 Å². The third-order valence-corrected chi connectivity index (χ3v) is 3.85. The van der Waals surface area contributed by atoms with Crippen LogP contribution in [-0.2, 0) is 0 Å². The van der Waals surface area contributed by atoms with Gasteiger partial charge in [-0.1, -0.05) is 0 Å². The Labute approximate surface area is 117 Å². The molecule has 0 amide bonds. The van der Waals surface area contributed by atoms with Gasteiger partial charge in [0, 0.05) is 19.3 Å². The third-order valence-electron chi connectivity index (χ3n) is 3.85. The minimum atomic E-state index is 0.255. The summed E-state index contributed by atoms with van der Waals surface area (Å²) < 4.78 is 1.71. The second-order valence-electron chi connectivity index (χ2n) is 5.51. The fourth-order valence-electron chi connectivity index (χ4n) is 2.29. The quantitative estimate of drug-likeness (QED) is 0.835. The van der Waals surface area contributed by atoms with Crippen LogP contribution >= 0.6 is 0 Å². The van der Waals surface area contributed by atoms with Crippen molar-refractivity contribution in [1.82, 2.24) is 20.0 Å². The van der Waals surface area contributed by atoms with Gasteiger partial charge < -0.3 is 10.4 Å². The van der Waals surface area contributed by atoms with Gasteiger partial charge in [-0.2, -0.15) is 5.10 Å². The fraction of sp³-hybridized carbons (Fsp3) is 0.500. The van der Waals surface area contributed by atoms with E-state index in [-0.39, 0.29) is 12.0 Å². The number of aliphatic hydroxyl groups is 1. The smallest absolute Gasteiger partial charge is 0.175 e. The molecule has 106 valence electrons. The van der Waals surface area contributed by atoms with Gasteiger partial charge in [0.05, 0.1) is 5.69 Å². The van der Waals surface area contributed by atoms with Crippen LogP contribution in [0.4, 0.5) is 5.82 Å². The first-order valence-corrected chi connectivity index (χ1v) is 6.92. The number of aliphatic hydroxyl groups excluding tert-OH is 1. The van der Waals surface area contributed by atoms with Crippen molar-refractivity contribution in [3.05, 3.63) is 30.1 Å². The topological polar surface area (TPSA) is 75.9 Å². The van der Waals surface area contributed by atoms with Gasteiger partial charge in [0.1, 0.15) is 5.82 Å². The molecule has 1 saturated carbocycles. The lowest BCUT2D eigenvalue weighted by Gasteiger charge is -2.14. The van der Waals surface area contributed by atoms with E-state index in [4.69, 9.17) is 5.11 Å². The summed E-state index contributed by atoms with van der Waals surface area (Å²) in [5.74, 6) is 1.47. The van der Waals surface area contributed by atoms with E-state index >= 15 is 0 Å². The third kappa shape index (κ3) is 2.80. The molecule has 3 rings (SSSR count). The van der Waals surface area contributed by atoms with Crippen molar-refractivity contribution in [3.8, 4) is 5.82 Å². The van der Waals surface area contributed by atoms with E-state index in [0.29, 0.717) is 5.82 Å². The van der Waals surface area contributed by atoms with E-state index in [1.165, 1.54) is 12.8 Å². The second-order valence-corrected chi connectivity index (χ2v) is 5.51. The summed E-state index contributed by atoms with van der Waals surface area (Å²) in [5, 5.41) is 25.0. The van der Waals surface area contributed by atoms with Crippen molar-refractivity contribution >= 4 is 5.82 Å². The number of aryl methyl sites for hydroxylation is 1. The van der Waals surface area contributed by atoms with Gasteiger partial charge in [-0.05, 0) is 49.8 Å². The molecular formula is C14H19N5O. The minimum absolute atomic E-state index is 0.255. The van der Waals surface area contributed by atoms with Crippen molar-refractivity contribution in [3.63, 3.8) is 0 Å². The first kappa shape index (κ1) is 13.1. The van der Waals surface area contributed by atoms with Crippen LogP contribution in [0.1, 0.15) is 25.0 Å². The lowest BCUT2D eigenvalue weighted by atomic mass is 10.0. The van der Waals surface area contributed by atoms with Crippen LogP contribution in [-0.4, -0.2) is 38.2 Å². The molecule has 6 nitrogen and oxygen atoms in total. The van der Waals surface area contributed by atoms with Crippen LogP contribution in [0.3, 0.4) is 0 Å². The molecule has 0 bridgehead atoms. The summed E-state index contributed by atoms with van der Waals surface area (Å²) in [4.78, 5) is 0. The maximum atomic E-state index is 9.04. The highest BCUT2D eigenvalue weighted by Crippen LogP contribution is 2.48. The number of anilines is 1. The van der Waals surface area contributed by atoms with E-state index < -0.39 is 0 Å². The molecule has 2 aromatic rings. The number of nitrogens with one attached hydrogen (secondary N) is 1. The maximum Gasteiger partial charge on any atom is 0.175 e. The average Bonchev–Trinajstić information content (AvgIpc) is 3.09. The highest BCUT2D eigenvalue weighted by atomic mass is 16.3. The van der Waals surface area contributed by atoms with Gasteiger partial charge in [0.2, 0.25) is 0 Å². The standard InChI is InChI=1S/C14H19N5O/c1-11-4-8-19(18-11)13-3-2-12(16-17-13)15-10-14(5-6-14)7-9-20/h2-4,8,20H,5-7,9-10H2,1H3,(H,15,16). The molecule has 2 aromatic heterocycles. The molecule has 1 fully saturated rings. The van der Waals surface area contributed by atoms with E-state index in [0.717, 1.165) is 24.5 Å². The van der Waals surface area contributed by atoms with Crippen LogP contribution in [0, 0.1) is 12.3 Å². The first-order chi connectivity index (χ1) is 9.71. The first-order valence-electron chi connectivity index (χ1n) is 6.92. The summed E-state index contributed by atoms with van der Waals surface area (Å²) in [6.45, 7) is 3.05. The van der Waals surface area contributed by atoms with Crippen molar-refractivity contribution < 1.29 is 5.11 Å². The summed E-state index contributed by atoms with van der Waals surface area (Å²) in [7, 11) is 0. The van der Waals surface area contributed by atoms with Crippen LogP contribution in [0.15, 0.2) is 24.4 Å². The van der Waals surface area contributed by atoms with Gasteiger partial charge >= 0.3 is 0 Å². The lowest BCUT2D eigenvalue weighted by molar-refractivity contribution is 0.253. The Morgan fingerprint density at radius 3 is 2.70 bits per heavy atom. The Kier molecular flexibility index (Phi) is 3.40. The van der Waals surface area contributed by atoms with Crippen LogP contribution in [0.25, 0.3) is 5.82 Å². The molecule has 0 radical (unpaired) electrons. The van der Waals surface area contributed by atoms with E-state index in [1.54, 1.807) is 4.68 Å². The summed E-state index contributed by atoms with van der Waals surface area (Å²) in [6.07, 6.45) is 5.09. The molecule has 0 unspecified atom stereocenters. The predicted molar refractivity (Wildman–Crippen MR) is 75.8 cm³/mol. The molecule has 2 heterocycles. The van der Waals surface area contributed by atoms with Crippen molar-refractivity contribution in [2.75, 3.05) is 18.5 Å². The minimum Gasteiger partial charge on any atom is -0.396 e. The van der Waals surface area contributed by atoms with Gasteiger partial charge in [-0.15, -0.1) is 10.2 Å². The normalized spacial score (nSPS) is 16.1. The zero-order valence-electron chi connectivity index (χ0n) is 11.6. The Balaban J connectivity index is 1.62. The van der Waals surface area contributed by atoms with Crippen LogP contribution in [0.5, 0.6) is 0 Å². The van der Waals surface area contributed by atoms with Crippen molar-refractivity contribution in [1.29, 1.82) is 0 Å². The molecule has 1 aliphatic carbocycles. The number of hydrogen-bond donors (Lipinski definition) is 2. The Morgan fingerprint density at radius 1 is 1.30 bits per heavy atom. The van der Waals surface area contributed by atoms with E-state index in [9.17, 15) is 0 Å². The summed E-state index contributed by atoms with van der Waals surface area (Å²) >= 11 is 0. The largest absolute Gasteiger partial charge is 0.396 e. The molecule has 0 aliphatic heterocycles. The molecule has 20 heavy (non-hydrogen) atoms. The van der Waals surface area contributed by atoms with Crippen molar-refractivity contribution in [2.24, 2.45) is 5.41 Å². The predicted octanol–water partition coefficient (Wildman–Crippen LogP) is 1.55. The molecule has 2 N–H and O–H groups in total. The highest BCUT2D eigenvalue weighted by Gasteiger charge is 2.41. The maximum absolute atomic E-state index is 9.04. The van der Waals surface area contributed by atoms with E-state index in [2.05, 4.69) is 20.6 Å². The van der Waals surface area contributed by atoms with Gasteiger partial charge in [0.25, 0.3) is 0 Å². The van der Waals surface area contributed by atoms with Crippen LogP contribution < -0.4 is 5.32 Å². The molecule has 0 atom stereocenters. The number of aromatic nitrogens is 4. The summed E-state index contributed by atoms with van der Waals surface area (Å²) in [5.41, 5.74) is 1.22. The molecule has 0 saturated heterocycles. The Bertz CT molecular complexity index is 574. The molecule has 0 spiro atoms. The molecule has 0 aromatic carbocycles. The summed E-state index contributed by atoms with van der Waals surface area (Å²) in [6, 6.07) is 5.74. The number of nitrogens with zero attached hydrogens (tertiary/aromatic N) is 4. The monoisotopic (exact) mass is 273 g/mol. The lowest BCUT2D eigenvalue weighted by Crippen LogP contribution is -2.17. The van der Waals surface area contributed by atoms with Gasteiger partial charge in [0.15, 0.2) is 5.82 Å². The van der Waals surface area contributed by atoms with Crippen molar-refractivity contribution in [2.45, 2.75) is 26.2 Å². The van der Waals surface area contributed by atoms with E-state index in [1.807, 2.05) is 31.3 Å². The highest BCUT2D eigenvalue weighted by molar-refractivity contribution is 5.36. The average molecular weight is 273 g/mol. The number of hydrogen-bond acceptors (Lipinski definition) is 5. The zero-order chi connectivity index (χ0) is 14.0. The Hall–Kier alpha value is -1.95. The van der Waals surface area contributed by atoms with Gasteiger partial charge in [-0.25, -0.2) is 4.68 Å². The number of rotatable bonds is 6. The molecular weight excluding hydrogens is 254 g/mol. The Morgan fingerprint density at radius 2 is 2.15 bits per heavy atom. The van der Waals surface area contributed by atoms with Crippen LogP contribution in [0.2, 0.25) is 0 Å².